The Labute approximate surface area is 161 Å². The largest absolute Gasteiger partial charge is 0.480 e. The van der Waals surface area contributed by atoms with Crippen molar-refractivity contribution in [3.8, 4) is 0 Å². The fourth-order valence-corrected chi connectivity index (χ4v) is 3.50. The topological polar surface area (TPSA) is 104 Å². The van der Waals surface area contributed by atoms with Crippen LogP contribution in [0.15, 0.2) is 48.8 Å². The second-order valence-corrected chi connectivity index (χ2v) is 6.74. The molecule has 1 fully saturated rings. The number of carbonyl (C=O) groups is 2. The molecule has 1 saturated heterocycles. The Morgan fingerprint density at radius 3 is 2.57 bits per heavy atom. The first-order chi connectivity index (χ1) is 13.6. The van der Waals surface area contributed by atoms with Crippen molar-refractivity contribution in [1.29, 1.82) is 0 Å². The number of piperidine rings is 1. The summed E-state index contributed by atoms with van der Waals surface area (Å²) in [5.41, 5.74) is 1.29. The molecule has 1 aliphatic rings. The summed E-state index contributed by atoms with van der Waals surface area (Å²) in [7, 11) is 0. The number of fused-ring (bicyclic) bond motifs is 1. The maximum absolute atomic E-state index is 13.0. The monoisotopic (exact) mass is 380 g/mol. The first-order valence-electron chi connectivity index (χ1n) is 9.12. The number of amides is 1. The van der Waals surface area contributed by atoms with Gasteiger partial charge < -0.3 is 14.9 Å². The van der Waals surface area contributed by atoms with Gasteiger partial charge in [-0.2, -0.15) is 4.52 Å². The molecular weight excluding hydrogens is 360 g/mol. The molecule has 9 nitrogen and oxygen atoms in total. The SMILES string of the molecule is O=C(O)CN(C(=O)C1CCN(c2ccc3nncn3n2)CC1)c1ccccc1. The van der Waals surface area contributed by atoms with Gasteiger partial charge in [0.25, 0.3) is 0 Å². The van der Waals surface area contributed by atoms with Crippen molar-refractivity contribution in [2.24, 2.45) is 5.92 Å². The Hall–Kier alpha value is -3.49. The summed E-state index contributed by atoms with van der Waals surface area (Å²) < 4.78 is 1.62. The van der Waals surface area contributed by atoms with Crippen molar-refractivity contribution in [1.82, 2.24) is 19.8 Å². The van der Waals surface area contributed by atoms with E-state index in [1.807, 2.05) is 18.2 Å². The first kappa shape index (κ1) is 17.9. The van der Waals surface area contributed by atoms with E-state index in [1.165, 1.54) is 4.90 Å². The van der Waals surface area contributed by atoms with Crippen molar-refractivity contribution in [2.75, 3.05) is 29.4 Å². The van der Waals surface area contributed by atoms with Gasteiger partial charge in [-0.1, -0.05) is 18.2 Å². The Morgan fingerprint density at radius 1 is 1.11 bits per heavy atom. The lowest BCUT2D eigenvalue weighted by atomic mass is 9.95. The van der Waals surface area contributed by atoms with Crippen LogP contribution in [0.2, 0.25) is 0 Å². The number of anilines is 2. The molecule has 1 amide bonds. The van der Waals surface area contributed by atoms with Gasteiger partial charge in [-0.05, 0) is 37.1 Å². The summed E-state index contributed by atoms with van der Waals surface area (Å²) in [6.45, 7) is 1.01. The number of hydrogen-bond donors (Lipinski definition) is 1. The van der Waals surface area contributed by atoms with Crippen molar-refractivity contribution >= 4 is 29.0 Å². The quantitative estimate of drug-likeness (QED) is 0.714. The molecule has 1 aliphatic heterocycles. The molecule has 144 valence electrons. The van der Waals surface area contributed by atoms with Crippen LogP contribution in [0.5, 0.6) is 0 Å². The van der Waals surface area contributed by atoms with Gasteiger partial charge in [-0.3, -0.25) is 9.59 Å². The second-order valence-electron chi connectivity index (χ2n) is 6.74. The van der Waals surface area contributed by atoms with E-state index in [1.54, 1.807) is 35.1 Å². The number of para-hydroxylation sites is 1. The molecule has 9 heteroatoms. The van der Waals surface area contributed by atoms with Gasteiger partial charge >= 0.3 is 5.97 Å². The van der Waals surface area contributed by atoms with Crippen LogP contribution in [0.3, 0.4) is 0 Å². The molecule has 2 aromatic heterocycles. The van der Waals surface area contributed by atoms with Crippen molar-refractivity contribution < 1.29 is 14.7 Å². The molecule has 0 unspecified atom stereocenters. The molecule has 1 aromatic carbocycles. The number of aromatic nitrogens is 4. The average Bonchev–Trinajstić information content (AvgIpc) is 3.20. The van der Waals surface area contributed by atoms with Gasteiger partial charge in [-0.25, -0.2) is 0 Å². The molecule has 0 spiro atoms. The summed E-state index contributed by atoms with van der Waals surface area (Å²) in [6, 6.07) is 12.7. The Morgan fingerprint density at radius 2 is 1.86 bits per heavy atom. The van der Waals surface area contributed by atoms with E-state index in [-0.39, 0.29) is 18.4 Å². The molecule has 3 heterocycles. The normalized spacial score (nSPS) is 14.9. The van der Waals surface area contributed by atoms with Gasteiger partial charge in [0.05, 0.1) is 0 Å². The van der Waals surface area contributed by atoms with Gasteiger partial charge in [0.1, 0.15) is 18.7 Å². The van der Waals surface area contributed by atoms with Crippen molar-refractivity contribution in [3.05, 3.63) is 48.8 Å². The number of rotatable bonds is 5. The highest BCUT2D eigenvalue weighted by atomic mass is 16.4. The molecule has 4 rings (SSSR count). The summed E-state index contributed by atoms with van der Waals surface area (Å²) in [5, 5.41) is 21.5. The number of carbonyl (C=O) groups excluding carboxylic acids is 1. The van der Waals surface area contributed by atoms with E-state index in [9.17, 15) is 14.7 Å². The second kappa shape index (κ2) is 7.63. The first-order valence-corrected chi connectivity index (χ1v) is 9.12. The summed E-state index contributed by atoms with van der Waals surface area (Å²) in [4.78, 5) is 27.8. The zero-order chi connectivity index (χ0) is 19.5. The third kappa shape index (κ3) is 3.64. The minimum atomic E-state index is -1.03. The van der Waals surface area contributed by atoms with Gasteiger partial charge in [0, 0.05) is 24.7 Å². The Kier molecular flexibility index (Phi) is 4.88. The fourth-order valence-electron chi connectivity index (χ4n) is 3.50. The molecule has 0 bridgehead atoms. The molecule has 28 heavy (non-hydrogen) atoms. The van der Waals surface area contributed by atoms with Crippen molar-refractivity contribution in [3.63, 3.8) is 0 Å². The maximum Gasteiger partial charge on any atom is 0.323 e. The molecule has 3 aromatic rings. The van der Waals surface area contributed by atoms with Crippen LogP contribution in [-0.4, -0.2) is 56.4 Å². The average molecular weight is 380 g/mol. The molecule has 0 aliphatic carbocycles. The zero-order valence-corrected chi connectivity index (χ0v) is 15.2. The van der Waals surface area contributed by atoms with Crippen LogP contribution in [0.25, 0.3) is 5.65 Å². The van der Waals surface area contributed by atoms with Crippen LogP contribution >= 0.6 is 0 Å². The van der Waals surface area contributed by atoms with Crippen LogP contribution in [0.4, 0.5) is 11.5 Å². The van der Waals surface area contributed by atoms with E-state index in [0.29, 0.717) is 37.3 Å². The summed E-state index contributed by atoms with van der Waals surface area (Å²) in [5.74, 6) is -0.574. The number of nitrogens with zero attached hydrogens (tertiary/aromatic N) is 6. The molecule has 0 radical (unpaired) electrons. The summed E-state index contributed by atoms with van der Waals surface area (Å²) in [6.07, 6.45) is 2.84. The fraction of sp³-hybridized carbons (Fsp3) is 0.316. The Balaban J connectivity index is 1.45. The number of aliphatic carboxylic acids is 1. The highest BCUT2D eigenvalue weighted by Crippen LogP contribution is 2.25. The number of benzene rings is 1. The minimum absolute atomic E-state index is 0.143. The minimum Gasteiger partial charge on any atom is -0.480 e. The highest BCUT2D eigenvalue weighted by Gasteiger charge is 2.30. The maximum atomic E-state index is 13.0. The van der Waals surface area contributed by atoms with E-state index in [0.717, 1.165) is 5.82 Å². The lowest BCUT2D eigenvalue weighted by Gasteiger charge is -2.34. The van der Waals surface area contributed by atoms with Gasteiger partial charge in [0.15, 0.2) is 5.65 Å². The smallest absolute Gasteiger partial charge is 0.323 e. The van der Waals surface area contributed by atoms with Crippen LogP contribution in [0.1, 0.15) is 12.8 Å². The molecule has 0 saturated carbocycles. The van der Waals surface area contributed by atoms with E-state index in [4.69, 9.17) is 0 Å². The lowest BCUT2D eigenvalue weighted by molar-refractivity contribution is -0.137. The number of carboxylic acids is 1. The standard InChI is InChI=1S/C19H20N6O3/c26-18(27)12-24(15-4-2-1-3-5-15)19(28)14-8-10-23(11-9-14)17-7-6-16-21-20-13-25(16)22-17/h1-7,13-14H,8-12H2,(H,26,27). The summed E-state index contributed by atoms with van der Waals surface area (Å²) >= 11 is 0. The number of carboxylic acid groups (broad SMARTS) is 1. The lowest BCUT2D eigenvalue weighted by Crippen LogP contribution is -2.44. The predicted molar refractivity (Wildman–Crippen MR) is 102 cm³/mol. The number of hydrogen-bond acceptors (Lipinski definition) is 6. The molecular formula is C19H20N6O3. The van der Waals surface area contributed by atoms with E-state index < -0.39 is 5.97 Å². The zero-order valence-electron chi connectivity index (χ0n) is 15.2. The van der Waals surface area contributed by atoms with Crippen molar-refractivity contribution in [2.45, 2.75) is 12.8 Å². The van der Waals surface area contributed by atoms with Crippen LogP contribution < -0.4 is 9.80 Å². The van der Waals surface area contributed by atoms with E-state index in [2.05, 4.69) is 20.2 Å². The van der Waals surface area contributed by atoms with Crippen LogP contribution in [-0.2, 0) is 9.59 Å². The van der Waals surface area contributed by atoms with Gasteiger partial charge in [-0.15, -0.1) is 15.3 Å². The van der Waals surface area contributed by atoms with E-state index >= 15 is 0 Å². The Bertz CT molecular complexity index is 982. The van der Waals surface area contributed by atoms with Crippen LogP contribution in [0, 0.1) is 5.92 Å². The van der Waals surface area contributed by atoms with Gasteiger partial charge in [0.2, 0.25) is 5.91 Å². The third-order valence-corrected chi connectivity index (χ3v) is 4.94. The third-order valence-electron chi connectivity index (χ3n) is 4.94. The molecule has 0 atom stereocenters. The highest BCUT2D eigenvalue weighted by molar-refractivity contribution is 5.98. The molecule has 1 N–H and O–H groups in total. The predicted octanol–water partition coefficient (Wildman–Crippen LogP) is 1.46.